The minimum atomic E-state index is -0.128. The third-order valence-electron chi connectivity index (χ3n) is 5.69. The van der Waals surface area contributed by atoms with E-state index >= 15 is 0 Å². The molecule has 0 radical (unpaired) electrons. The highest BCUT2D eigenvalue weighted by atomic mass is 32.1. The van der Waals surface area contributed by atoms with Crippen LogP contribution in [0.15, 0.2) is 29.3 Å². The molecular weight excluding hydrogens is 382 g/mol. The van der Waals surface area contributed by atoms with Crippen molar-refractivity contribution in [3.05, 3.63) is 35.7 Å². The average Bonchev–Trinajstić information content (AvgIpc) is 2.72. The molecule has 2 atom stereocenters. The lowest BCUT2D eigenvalue weighted by Crippen LogP contribution is -2.33. The highest BCUT2D eigenvalue weighted by molar-refractivity contribution is 7.80. The predicted molar refractivity (Wildman–Crippen MR) is 122 cm³/mol. The van der Waals surface area contributed by atoms with Gasteiger partial charge in [0.2, 0.25) is 5.91 Å². The van der Waals surface area contributed by atoms with E-state index in [0.717, 1.165) is 44.0 Å². The van der Waals surface area contributed by atoms with Gasteiger partial charge in [-0.1, -0.05) is 25.1 Å². The van der Waals surface area contributed by atoms with E-state index in [2.05, 4.69) is 71.0 Å². The first kappa shape index (κ1) is 21.4. The summed E-state index contributed by atoms with van der Waals surface area (Å²) in [6.45, 7) is 10.5. The largest absolute Gasteiger partial charge is 0.385 e. The van der Waals surface area contributed by atoms with E-state index in [1.54, 1.807) is 0 Å². The third-order valence-corrected chi connectivity index (χ3v) is 6.01. The van der Waals surface area contributed by atoms with Gasteiger partial charge in [-0.15, -0.1) is 12.6 Å². The molecule has 0 aliphatic carbocycles. The highest BCUT2D eigenvalue weighted by Crippen LogP contribution is 2.39. The summed E-state index contributed by atoms with van der Waals surface area (Å²) in [5, 5.41) is 7.08. The number of aromatic nitrogens is 2. The zero-order valence-electron chi connectivity index (χ0n) is 17.7. The normalized spacial score (nSPS) is 16.5. The molecule has 6 nitrogen and oxygen atoms in total. The van der Waals surface area contributed by atoms with Gasteiger partial charge in [0.25, 0.3) is 0 Å². The molecule has 0 bridgehead atoms. The Labute approximate surface area is 178 Å². The van der Waals surface area contributed by atoms with Gasteiger partial charge < -0.3 is 15.5 Å². The molecule has 1 aliphatic heterocycles. The van der Waals surface area contributed by atoms with Gasteiger partial charge in [-0.2, -0.15) is 0 Å². The maximum atomic E-state index is 13.4. The van der Waals surface area contributed by atoms with Crippen LogP contribution in [0.25, 0.3) is 0 Å². The van der Waals surface area contributed by atoms with Crippen LogP contribution in [-0.4, -0.2) is 35.5 Å². The number of carbonyl (C=O) groups excluding carboxylic acids is 1. The summed E-state index contributed by atoms with van der Waals surface area (Å²) in [6.07, 6.45) is 1.70. The molecule has 2 aromatic rings. The van der Waals surface area contributed by atoms with Crippen LogP contribution in [0.5, 0.6) is 0 Å². The van der Waals surface area contributed by atoms with Crippen LogP contribution in [0.3, 0.4) is 0 Å². The molecule has 0 fully saturated rings. The fourth-order valence-corrected chi connectivity index (χ4v) is 4.49. The van der Waals surface area contributed by atoms with Crippen LogP contribution in [0.2, 0.25) is 0 Å². The number of para-hydroxylation sites is 1. The molecule has 7 heteroatoms. The third kappa shape index (κ3) is 4.50. The van der Waals surface area contributed by atoms with Crippen molar-refractivity contribution in [1.29, 1.82) is 0 Å². The lowest BCUT2D eigenvalue weighted by molar-refractivity contribution is -0.120. The first-order valence-corrected chi connectivity index (χ1v) is 10.9. The number of fused-ring (bicyclic) bond motifs is 1. The second kappa shape index (κ2) is 9.48. The molecule has 0 saturated heterocycles. The van der Waals surface area contributed by atoms with Crippen LogP contribution in [0.4, 0.5) is 17.2 Å². The molecule has 1 aromatic carbocycles. The molecule has 0 saturated carbocycles. The van der Waals surface area contributed by atoms with Gasteiger partial charge in [0.1, 0.15) is 16.5 Å². The number of thiol groups is 1. The molecule has 0 spiro atoms. The van der Waals surface area contributed by atoms with E-state index in [1.807, 2.05) is 19.1 Å². The Morgan fingerprint density at radius 1 is 1.28 bits per heavy atom. The number of carbonyl (C=O) groups is 1. The molecular formula is C22H31N5OS. The molecule has 1 amide bonds. The summed E-state index contributed by atoms with van der Waals surface area (Å²) in [7, 11) is 0. The zero-order chi connectivity index (χ0) is 21.0. The van der Waals surface area contributed by atoms with E-state index in [1.165, 1.54) is 5.56 Å². The second-order valence-electron chi connectivity index (χ2n) is 7.38. The molecule has 2 N–H and O–H groups in total. The summed E-state index contributed by atoms with van der Waals surface area (Å²) in [5.74, 6) is 1.45. The quantitative estimate of drug-likeness (QED) is 0.461. The minimum Gasteiger partial charge on any atom is -0.385 e. The van der Waals surface area contributed by atoms with E-state index < -0.39 is 0 Å². The Kier molecular flexibility index (Phi) is 7.00. The number of anilines is 3. The Hall–Kier alpha value is -2.28. The number of hydrogen-bond donors (Lipinski definition) is 3. The van der Waals surface area contributed by atoms with Crippen LogP contribution in [0, 0.1) is 12.8 Å². The van der Waals surface area contributed by atoms with Crippen molar-refractivity contribution in [2.24, 2.45) is 5.92 Å². The van der Waals surface area contributed by atoms with Crippen molar-refractivity contribution >= 4 is 35.7 Å². The van der Waals surface area contributed by atoms with Crippen LogP contribution >= 0.6 is 12.6 Å². The van der Waals surface area contributed by atoms with Gasteiger partial charge >= 0.3 is 0 Å². The summed E-state index contributed by atoms with van der Waals surface area (Å²) in [4.78, 5) is 24.5. The van der Waals surface area contributed by atoms with E-state index in [4.69, 9.17) is 0 Å². The van der Waals surface area contributed by atoms with Crippen molar-refractivity contribution in [3.63, 3.8) is 0 Å². The summed E-state index contributed by atoms with van der Waals surface area (Å²) in [6, 6.07) is 8.29. The van der Waals surface area contributed by atoms with Crippen LogP contribution < -0.4 is 15.5 Å². The van der Waals surface area contributed by atoms with Gasteiger partial charge in [0, 0.05) is 31.2 Å². The predicted octanol–water partition coefficient (Wildman–Crippen LogP) is 4.48. The Morgan fingerprint density at radius 3 is 2.69 bits per heavy atom. The number of nitrogens with zero attached hydrogens (tertiary/aromatic N) is 3. The standard InChI is InChI=1S/C22H31N5OS/c1-5-15(16-12-13-23-18-11-9-8-10-17(16)18)21(28)26-19-20(27(6-2)7-3)24-14(4)25-22(19)29/h8-11,15-16,23H,5-7,12-13H2,1-4H3,(H,26,28)(H,24,25,29). The molecule has 1 aromatic heterocycles. The van der Waals surface area contributed by atoms with Crippen LogP contribution in [-0.2, 0) is 4.79 Å². The lowest BCUT2D eigenvalue weighted by Gasteiger charge is -2.32. The van der Waals surface area contributed by atoms with E-state index in [9.17, 15) is 4.79 Å². The highest BCUT2D eigenvalue weighted by Gasteiger charge is 2.32. The van der Waals surface area contributed by atoms with Crippen molar-refractivity contribution in [2.75, 3.05) is 35.2 Å². The summed E-state index contributed by atoms with van der Waals surface area (Å²) < 4.78 is 0. The number of hydrogen-bond acceptors (Lipinski definition) is 6. The van der Waals surface area contributed by atoms with Gasteiger partial charge in [-0.05, 0) is 51.2 Å². The molecule has 2 heterocycles. The Balaban J connectivity index is 1.92. The number of benzene rings is 1. The van der Waals surface area contributed by atoms with Gasteiger partial charge in [0.15, 0.2) is 5.82 Å². The topological polar surface area (TPSA) is 70.2 Å². The fraction of sp³-hybridized carbons (Fsp3) is 0.500. The fourth-order valence-electron chi connectivity index (χ4n) is 4.19. The first-order valence-electron chi connectivity index (χ1n) is 10.5. The minimum absolute atomic E-state index is 0.00497. The van der Waals surface area contributed by atoms with Crippen molar-refractivity contribution in [2.45, 2.75) is 51.5 Å². The van der Waals surface area contributed by atoms with Gasteiger partial charge in [-0.3, -0.25) is 4.79 Å². The van der Waals surface area contributed by atoms with E-state index in [-0.39, 0.29) is 17.7 Å². The number of rotatable bonds is 7. The number of nitrogens with one attached hydrogen (secondary N) is 2. The van der Waals surface area contributed by atoms with Gasteiger partial charge in [0.05, 0.1) is 0 Å². The smallest absolute Gasteiger partial charge is 0.228 e. The number of aryl methyl sites for hydroxylation is 1. The van der Waals surface area contributed by atoms with Crippen LogP contribution in [0.1, 0.15) is 50.9 Å². The van der Waals surface area contributed by atoms with E-state index in [0.29, 0.717) is 16.5 Å². The lowest BCUT2D eigenvalue weighted by atomic mass is 9.79. The van der Waals surface area contributed by atoms with Crippen molar-refractivity contribution in [1.82, 2.24) is 9.97 Å². The van der Waals surface area contributed by atoms with Gasteiger partial charge in [-0.25, -0.2) is 9.97 Å². The molecule has 29 heavy (non-hydrogen) atoms. The second-order valence-corrected chi connectivity index (χ2v) is 7.80. The maximum absolute atomic E-state index is 13.4. The average molecular weight is 414 g/mol. The maximum Gasteiger partial charge on any atom is 0.228 e. The molecule has 3 rings (SSSR count). The molecule has 2 unspecified atom stereocenters. The van der Waals surface area contributed by atoms with Crippen molar-refractivity contribution in [3.8, 4) is 0 Å². The summed E-state index contributed by atoms with van der Waals surface area (Å²) in [5.41, 5.74) is 2.96. The molecule has 1 aliphatic rings. The SMILES string of the molecule is CCC(C(=O)Nc1c(S)nc(C)nc1N(CC)CC)C1CCNc2ccccc21. The van der Waals surface area contributed by atoms with Crippen molar-refractivity contribution < 1.29 is 4.79 Å². The number of amides is 1. The first-order chi connectivity index (χ1) is 14.0. The Bertz CT molecular complexity index is 868. The summed E-state index contributed by atoms with van der Waals surface area (Å²) >= 11 is 4.55. The monoisotopic (exact) mass is 413 g/mol. The zero-order valence-corrected chi connectivity index (χ0v) is 18.6. The molecule has 156 valence electrons. The Morgan fingerprint density at radius 2 is 2.00 bits per heavy atom.